The molecule has 4 heteroatoms. The van der Waals surface area contributed by atoms with Crippen LogP contribution in [-0.2, 0) is 9.59 Å². The summed E-state index contributed by atoms with van der Waals surface area (Å²) in [7, 11) is 0. The molecule has 0 amide bonds. The number of hydrogen-bond donors (Lipinski definition) is 2. The van der Waals surface area contributed by atoms with Crippen LogP contribution in [0.4, 0.5) is 0 Å². The topological polar surface area (TPSA) is 74.6 Å². The SMILES string of the molecule is O=C(O)C=CCCCCCCCCCCCCCCCCCCCCCCCCCCCCCCCCCCCCCCCCCCCCCCCCCCCCCCCCCCCCCCCCC(=O)O. The first-order chi connectivity index (χ1) is 35.6. The van der Waals surface area contributed by atoms with Gasteiger partial charge < -0.3 is 10.2 Å². The van der Waals surface area contributed by atoms with E-state index in [1.807, 2.05) is 0 Å². The first-order valence-corrected chi connectivity index (χ1v) is 33.7. The van der Waals surface area contributed by atoms with Gasteiger partial charge in [-0.15, -0.1) is 0 Å². The molecule has 0 spiro atoms. The summed E-state index contributed by atoms with van der Waals surface area (Å²) in [6.07, 6.45) is 92.5. The lowest BCUT2D eigenvalue weighted by Gasteiger charge is -2.05. The molecule has 0 unspecified atom stereocenters. The lowest BCUT2D eigenvalue weighted by atomic mass is 10.0. The van der Waals surface area contributed by atoms with E-state index in [2.05, 4.69) is 0 Å². The Bertz CT molecular complexity index is 1040. The van der Waals surface area contributed by atoms with Gasteiger partial charge in [0.1, 0.15) is 0 Å². The Morgan fingerprint density at radius 3 is 0.444 bits per heavy atom. The molecule has 0 bridgehead atoms. The van der Waals surface area contributed by atoms with Crippen molar-refractivity contribution < 1.29 is 19.8 Å². The Morgan fingerprint density at radius 2 is 0.319 bits per heavy atom. The molecule has 0 aromatic heterocycles. The lowest BCUT2D eigenvalue weighted by molar-refractivity contribution is -0.137. The van der Waals surface area contributed by atoms with E-state index in [4.69, 9.17) is 10.2 Å². The molecule has 428 valence electrons. The van der Waals surface area contributed by atoms with Crippen molar-refractivity contribution in [2.75, 3.05) is 0 Å². The minimum atomic E-state index is -0.828. The molecule has 0 aliphatic carbocycles. The van der Waals surface area contributed by atoms with Gasteiger partial charge in [-0.25, -0.2) is 4.79 Å². The third-order valence-corrected chi connectivity index (χ3v) is 16.3. The minimum absolute atomic E-state index is 0.345. The Balaban J connectivity index is 3.08. The fourth-order valence-electron chi connectivity index (χ4n) is 11.3. The molecule has 2 N–H and O–H groups in total. The minimum Gasteiger partial charge on any atom is -0.481 e. The summed E-state index contributed by atoms with van der Waals surface area (Å²) >= 11 is 0. The first-order valence-electron chi connectivity index (χ1n) is 33.7. The molecule has 0 aliphatic heterocycles. The van der Waals surface area contributed by atoms with Gasteiger partial charge in [0, 0.05) is 12.5 Å². The number of carboxylic acids is 2. The van der Waals surface area contributed by atoms with E-state index in [0.717, 1.165) is 25.7 Å². The summed E-state index contributed by atoms with van der Waals surface area (Å²) in [6.45, 7) is 0. The maximum atomic E-state index is 10.5. The van der Waals surface area contributed by atoms with E-state index in [-0.39, 0.29) is 0 Å². The van der Waals surface area contributed by atoms with Crippen molar-refractivity contribution >= 4 is 11.9 Å². The fourth-order valence-corrected chi connectivity index (χ4v) is 11.3. The molecule has 0 aliphatic rings. The molecule has 72 heavy (non-hydrogen) atoms. The average Bonchev–Trinajstić information content (AvgIpc) is 3.37. The van der Waals surface area contributed by atoms with Crippen LogP contribution in [0.25, 0.3) is 0 Å². The highest BCUT2D eigenvalue weighted by Crippen LogP contribution is 2.20. The second-order valence-corrected chi connectivity index (χ2v) is 23.6. The van der Waals surface area contributed by atoms with Gasteiger partial charge in [0.25, 0.3) is 0 Å². The molecule has 0 radical (unpaired) electrons. The van der Waals surface area contributed by atoms with Crippen LogP contribution in [0.3, 0.4) is 0 Å². The molecular weight excluding hydrogens is 881 g/mol. The van der Waals surface area contributed by atoms with Crippen molar-refractivity contribution in [3.63, 3.8) is 0 Å². The van der Waals surface area contributed by atoms with Gasteiger partial charge in [-0.2, -0.15) is 0 Å². The zero-order valence-electron chi connectivity index (χ0n) is 49.1. The summed E-state index contributed by atoms with van der Waals surface area (Å²) < 4.78 is 0. The van der Waals surface area contributed by atoms with Crippen molar-refractivity contribution in [1.29, 1.82) is 0 Å². The molecule has 0 aromatic carbocycles. The molecule has 0 fully saturated rings. The Hall–Kier alpha value is -1.32. The van der Waals surface area contributed by atoms with Crippen LogP contribution in [0.15, 0.2) is 12.2 Å². The molecule has 4 nitrogen and oxygen atoms in total. The molecule has 0 rings (SSSR count). The number of allylic oxidation sites excluding steroid dienone is 1. The van der Waals surface area contributed by atoms with Gasteiger partial charge in [-0.1, -0.05) is 391 Å². The maximum absolute atomic E-state index is 10.5. The number of carbonyl (C=O) groups is 2. The van der Waals surface area contributed by atoms with Crippen LogP contribution in [0.1, 0.15) is 411 Å². The quantitative estimate of drug-likeness (QED) is 0.0470. The molecule has 0 saturated heterocycles. The Morgan fingerprint density at radius 1 is 0.194 bits per heavy atom. The molecule has 0 atom stereocenters. The first kappa shape index (κ1) is 70.7. The van der Waals surface area contributed by atoms with Crippen LogP contribution in [0.5, 0.6) is 0 Å². The van der Waals surface area contributed by atoms with Crippen LogP contribution in [0.2, 0.25) is 0 Å². The summed E-state index contributed by atoms with van der Waals surface area (Å²) in [5.41, 5.74) is 0. The monoisotopic (exact) mass is 1010 g/mol. The summed E-state index contributed by atoms with van der Waals surface area (Å²) in [6, 6.07) is 0. The lowest BCUT2D eigenvalue weighted by Crippen LogP contribution is -1.93. The second kappa shape index (κ2) is 65.8. The summed E-state index contributed by atoms with van der Waals surface area (Å²) in [5.74, 6) is -1.47. The zero-order valence-corrected chi connectivity index (χ0v) is 49.1. The summed E-state index contributed by atoms with van der Waals surface area (Å²) in [4.78, 5) is 21.0. The highest BCUT2D eigenvalue weighted by atomic mass is 16.4. The van der Waals surface area contributed by atoms with E-state index in [9.17, 15) is 9.59 Å². The number of unbranched alkanes of at least 4 members (excludes halogenated alkanes) is 62. The van der Waals surface area contributed by atoms with Gasteiger partial charge >= 0.3 is 11.9 Å². The van der Waals surface area contributed by atoms with Crippen LogP contribution >= 0.6 is 0 Å². The van der Waals surface area contributed by atoms with E-state index >= 15 is 0 Å². The third-order valence-electron chi connectivity index (χ3n) is 16.3. The van der Waals surface area contributed by atoms with Crippen molar-refractivity contribution in [1.82, 2.24) is 0 Å². The smallest absolute Gasteiger partial charge is 0.327 e. The standard InChI is InChI=1S/C68H132O4/c69-67(70)65-63-61-59-57-55-53-51-49-47-45-43-41-39-37-35-33-31-29-27-25-23-21-19-17-15-13-11-9-7-5-3-1-2-4-6-8-10-12-14-16-18-20-22-24-26-28-30-32-34-36-38-40-42-44-46-48-50-52-54-56-58-60-62-64-66-68(71)72/h63,65H,1-62,64,66H2,(H,69,70)(H,71,72). The molecule has 0 saturated carbocycles. The number of hydrogen-bond acceptors (Lipinski definition) is 2. The largest absolute Gasteiger partial charge is 0.481 e. The van der Waals surface area contributed by atoms with Crippen molar-refractivity contribution in [2.45, 2.75) is 411 Å². The maximum Gasteiger partial charge on any atom is 0.327 e. The van der Waals surface area contributed by atoms with E-state index in [1.165, 1.54) is 385 Å². The van der Waals surface area contributed by atoms with Gasteiger partial charge in [-0.3, -0.25) is 4.79 Å². The molecule has 0 heterocycles. The fraction of sp³-hybridized carbons (Fsp3) is 0.941. The van der Waals surface area contributed by atoms with Crippen LogP contribution < -0.4 is 0 Å². The Labute approximate surface area is 452 Å². The third kappa shape index (κ3) is 68.7. The van der Waals surface area contributed by atoms with Crippen molar-refractivity contribution in [3.8, 4) is 0 Å². The van der Waals surface area contributed by atoms with Crippen LogP contribution in [0, 0.1) is 0 Å². The van der Waals surface area contributed by atoms with Gasteiger partial charge in [0.15, 0.2) is 0 Å². The predicted molar refractivity (Wildman–Crippen MR) is 320 cm³/mol. The summed E-state index contributed by atoms with van der Waals surface area (Å²) in [5, 5.41) is 17.3. The van der Waals surface area contributed by atoms with Crippen LogP contribution in [-0.4, -0.2) is 22.2 Å². The normalized spacial score (nSPS) is 11.7. The van der Waals surface area contributed by atoms with E-state index in [1.54, 1.807) is 6.08 Å². The predicted octanol–water partition coefficient (Wildman–Crippen LogP) is 24.7. The Kier molecular flexibility index (Phi) is 64.6. The van der Waals surface area contributed by atoms with Crippen molar-refractivity contribution in [3.05, 3.63) is 12.2 Å². The van der Waals surface area contributed by atoms with E-state index in [0.29, 0.717) is 6.42 Å². The highest BCUT2D eigenvalue weighted by molar-refractivity contribution is 5.79. The van der Waals surface area contributed by atoms with Gasteiger partial charge in [0.2, 0.25) is 0 Å². The second-order valence-electron chi connectivity index (χ2n) is 23.6. The average molecular weight is 1010 g/mol. The zero-order chi connectivity index (χ0) is 51.8. The molecule has 0 aromatic rings. The highest BCUT2D eigenvalue weighted by Gasteiger charge is 2.01. The van der Waals surface area contributed by atoms with E-state index < -0.39 is 11.9 Å². The van der Waals surface area contributed by atoms with Gasteiger partial charge in [0.05, 0.1) is 0 Å². The van der Waals surface area contributed by atoms with Gasteiger partial charge in [-0.05, 0) is 19.3 Å². The number of carboxylic acid groups (broad SMARTS) is 2. The number of rotatable bonds is 66. The van der Waals surface area contributed by atoms with Crippen molar-refractivity contribution in [2.24, 2.45) is 0 Å². The number of aliphatic carboxylic acids is 2. The molecular formula is C68H132O4.